The Morgan fingerprint density at radius 3 is 2.24 bits per heavy atom. The van der Waals surface area contributed by atoms with Gasteiger partial charge in [0.15, 0.2) is 0 Å². The fourth-order valence-corrected chi connectivity index (χ4v) is 4.20. The second kappa shape index (κ2) is 9.03. The molecule has 8 heteroatoms. The highest BCUT2D eigenvalue weighted by Gasteiger charge is 2.23. The minimum Gasteiger partial charge on any atom is -0.423 e. The van der Waals surface area contributed by atoms with Crippen molar-refractivity contribution in [2.24, 2.45) is 0 Å². The largest absolute Gasteiger partial charge is 0.423 e. The molecule has 0 aliphatic carbocycles. The third kappa shape index (κ3) is 6.59. The summed E-state index contributed by atoms with van der Waals surface area (Å²) in [7, 11) is -1.20. The van der Waals surface area contributed by atoms with Crippen molar-refractivity contribution in [2.75, 3.05) is 19.5 Å². The lowest BCUT2D eigenvalue weighted by atomic mass is 10.2. The zero-order valence-electron chi connectivity index (χ0n) is 12.1. The van der Waals surface area contributed by atoms with Crippen LogP contribution in [0.5, 0.6) is 0 Å². The molecule has 1 aromatic rings. The van der Waals surface area contributed by atoms with Crippen LogP contribution in [0.3, 0.4) is 0 Å². The van der Waals surface area contributed by atoms with E-state index in [0.717, 1.165) is 0 Å². The third-order valence-corrected chi connectivity index (χ3v) is 5.41. The summed E-state index contributed by atoms with van der Waals surface area (Å²) in [6, 6.07) is 6.96. The van der Waals surface area contributed by atoms with Crippen LogP contribution in [0.25, 0.3) is 5.76 Å². The minimum atomic E-state index is -2.91. The summed E-state index contributed by atoms with van der Waals surface area (Å²) < 4.78 is 28.2. The van der Waals surface area contributed by atoms with Crippen LogP contribution in [0.4, 0.5) is 0 Å². The Labute approximate surface area is 138 Å². The molecule has 0 saturated heterocycles. The van der Waals surface area contributed by atoms with E-state index in [1.165, 1.54) is 5.41 Å². The zero-order valence-corrected chi connectivity index (χ0v) is 15.4. The molecule has 0 aliphatic rings. The van der Waals surface area contributed by atoms with Gasteiger partial charge >= 0.3 is 6.72 Å². The van der Waals surface area contributed by atoms with Crippen LogP contribution in [-0.2, 0) is 36.2 Å². The predicted octanol–water partition coefficient (Wildman–Crippen LogP) is 4.33. The molecule has 118 valence electrons. The highest BCUT2D eigenvalue weighted by atomic mass is 35.5. The SMILES string of the molecule is CCOP(=S)(OCC)O/C(=C\S(C)=O)c1ccc(Cl)cc1. The number of benzene rings is 1. The molecule has 1 rings (SSSR count). The van der Waals surface area contributed by atoms with Crippen molar-refractivity contribution in [1.29, 1.82) is 0 Å². The summed E-state index contributed by atoms with van der Waals surface area (Å²) >= 11 is 11.2. The van der Waals surface area contributed by atoms with Gasteiger partial charge in [0, 0.05) is 44.9 Å². The molecule has 0 spiro atoms. The average Bonchev–Trinajstić information content (AvgIpc) is 2.38. The van der Waals surface area contributed by atoms with Crippen molar-refractivity contribution in [3.05, 3.63) is 40.3 Å². The number of halogens is 1. The minimum absolute atomic E-state index is 0.373. The molecule has 0 saturated carbocycles. The lowest BCUT2D eigenvalue weighted by Crippen LogP contribution is -2.00. The third-order valence-electron chi connectivity index (χ3n) is 2.19. The van der Waals surface area contributed by atoms with E-state index in [2.05, 4.69) is 0 Å². The first kappa shape index (κ1) is 18.8. The van der Waals surface area contributed by atoms with Gasteiger partial charge in [-0.2, -0.15) is 0 Å². The van der Waals surface area contributed by atoms with Crippen molar-refractivity contribution in [2.45, 2.75) is 13.8 Å². The second-order valence-electron chi connectivity index (χ2n) is 3.86. The van der Waals surface area contributed by atoms with Gasteiger partial charge in [-0.15, -0.1) is 0 Å². The Bertz CT molecular complexity index is 550. The Morgan fingerprint density at radius 1 is 1.29 bits per heavy atom. The molecule has 0 aliphatic heterocycles. The fourth-order valence-electron chi connectivity index (χ4n) is 1.43. The van der Waals surface area contributed by atoms with Crippen LogP contribution >= 0.6 is 18.3 Å². The van der Waals surface area contributed by atoms with E-state index in [1.807, 2.05) is 13.8 Å². The maximum absolute atomic E-state index is 11.5. The zero-order chi connectivity index (χ0) is 15.9. The summed E-state index contributed by atoms with van der Waals surface area (Å²) in [6.07, 6.45) is 1.55. The van der Waals surface area contributed by atoms with Crippen LogP contribution in [-0.4, -0.2) is 23.7 Å². The van der Waals surface area contributed by atoms with Gasteiger partial charge < -0.3 is 4.52 Å². The smallest absolute Gasteiger partial charge is 0.380 e. The second-order valence-corrected chi connectivity index (χ2v) is 8.47. The Hall–Kier alpha value is -0.230. The van der Waals surface area contributed by atoms with Gasteiger partial charge in [0.1, 0.15) is 5.76 Å². The molecule has 4 nitrogen and oxygen atoms in total. The number of hydrogen-bond acceptors (Lipinski definition) is 5. The van der Waals surface area contributed by atoms with Crippen molar-refractivity contribution >= 4 is 46.7 Å². The standard InChI is InChI=1S/C13H18ClO4PS2/c1-4-16-19(20,17-5-2)18-13(10-21(3)15)11-6-8-12(14)9-7-11/h6-10H,4-5H2,1-3H3/b13-10-. The molecule has 1 aromatic carbocycles. The van der Waals surface area contributed by atoms with E-state index in [1.54, 1.807) is 30.5 Å². The lowest BCUT2D eigenvalue weighted by molar-refractivity contribution is 0.210. The maximum Gasteiger partial charge on any atom is 0.380 e. The van der Waals surface area contributed by atoms with E-state index in [4.69, 9.17) is 37.0 Å². The molecule has 0 amide bonds. The van der Waals surface area contributed by atoms with Crippen LogP contribution in [0.1, 0.15) is 19.4 Å². The van der Waals surface area contributed by atoms with Crippen LogP contribution < -0.4 is 0 Å². The summed E-state index contributed by atoms with van der Waals surface area (Å²) in [5, 5.41) is 2.08. The van der Waals surface area contributed by atoms with Gasteiger partial charge in [0.05, 0.1) is 13.2 Å². The topological polar surface area (TPSA) is 44.8 Å². The number of hydrogen-bond donors (Lipinski definition) is 0. The quantitative estimate of drug-likeness (QED) is 0.504. The highest BCUT2D eigenvalue weighted by molar-refractivity contribution is 8.07. The normalized spacial score (nSPS) is 14.0. The van der Waals surface area contributed by atoms with Crippen molar-refractivity contribution in [1.82, 2.24) is 0 Å². The fraction of sp³-hybridized carbons (Fsp3) is 0.385. The molecule has 0 heterocycles. The van der Waals surface area contributed by atoms with E-state index in [9.17, 15) is 4.21 Å². The Morgan fingerprint density at radius 2 is 1.81 bits per heavy atom. The lowest BCUT2D eigenvalue weighted by Gasteiger charge is -2.22. The van der Waals surface area contributed by atoms with Crippen LogP contribution in [0, 0.1) is 0 Å². The summed E-state index contributed by atoms with van der Waals surface area (Å²) in [6.45, 7) is 1.46. The molecular weight excluding hydrogens is 351 g/mol. The molecule has 0 N–H and O–H groups in total. The molecule has 0 fully saturated rings. The van der Waals surface area contributed by atoms with Gasteiger partial charge in [-0.3, -0.25) is 13.3 Å². The molecule has 0 bridgehead atoms. The summed E-state index contributed by atoms with van der Waals surface area (Å²) in [5.41, 5.74) is 0.711. The first-order valence-corrected chi connectivity index (χ1v) is 10.8. The van der Waals surface area contributed by atoms with Gasteiger partial charge in [-0.1, -0.05) is 11.6 Å². The highest BCUT2D eigenvalue weighted by Crippen LogP contribution is 2.53. The van der Waals surface area contributed by atoms with E-state index >= 15 is 0 Å². The molecule has 0 aromatic heterocycles. The maximum atomic E-state index is 11.5. The summed E-state index contributed by atoms with van der Waals surface area (Å²) in [4.78, 5) is 0. The van der Waals surface area contributed by atoms with Crippen molar-refractivity contribution < 1.29 is 17.8 Å². The van der Waals surface area contributed by atoms with Crippen LogP contribution in [0.15, 0.2) is 29.7 Å². The summed E-state index contributed by atoms with van der Waals surface area (Å²) in [5.74, 6) is 0.373. The number of rotatable bonds is 8. The van der Waals surface area contributed by atoms with E-state index in [0.29, 0.717) is 29.6 Å². The van der Waals surface area contributed by atoms with Gasteiger partial charge in [-0.05, 0) is 38.1 Å². The average molecular weight is 369 g/mol. The van der Waals surface area contributed by atoms with Gasteiger partial charge in [0.2, 0.25) is 0 Å². The monoisotopic (exact) mass is 368 g/mol. The molecule has 0 radical (unpaired) electrons. The van der Waals surface area contributed by atoms with Crippen molar-refractivity contribution in [3.63, 3.8) is 0 Å². The molecule has 1 unspecified atom stereocenters. The van der Waals surface area contributed by atoms with E-state index < -0.39 is 17.5 Å². The Kier molecular flexibility index (Phi) is 8.09. The van der Waals surface area contributed by atoms with Crippen molar-refractivity contribution in [3.8, 4) is 0 Å². The molecule has 21 heavy (non-hydrogen) atoms. The van der Waals surface area contributed by atoms with E-state index in [-0.39, 0.29) is 0 Å². The van der Waals surface area contributed by atoms with Gasteiger partial charge in [-0.25, -0.2) is 0 Å². The first-order valence-electron chi connectivity index (χ1n) is 6.29. The first-order chi connectivity index (χ1) is 9.90. The van der Waals surface area contributed by atoms with Crippen LogP contribution in [0.2, 0.25) is 5.02 Å². The predicted molar refractivity (Wildman–Crippen MR) is 92.1 cm³/mol. The molecular formula is C13H18ClO4PS2. The van der Waals surface area contributed by atoms with Gasteiger partial charge in [0.25, 0.3) is 0 Å². The Balaban J connectivity index is 3.11. The molecule has 1 atom stereocenters.